The molecule has 0 bridgehead atoms. The summed E-state index contributed by atoms with van der Waals surface area (Å²) in [5.41, 5.74) is 11.7. The van der Waals surface area contributed by atoms with Crippen molar-refractivity contribution < 1.29 is 0 Å². The van der Waals surface area contributed by atoms with Crippen LogP contribution in [0.2, 0.25) is 0 Å². The minimum absolute atomic E-state index is 0.231. The molecule has 1 aliphatic carbocycles. The van der Waals surface area contributed by atoms with Gasteiger partial charge in [-0.15, -0.1) is 0 Å². The summed E-state index contributed by atoms with van der Waals surface area (Å²) in [5, 5.41) is 20.9. The molecule has 71 heavy (non-hydrogen) atoms. The zero-order chi connectivity index (χ0) is 47.0. The molecule has 0 saturated carbocycles. The predicted octanol–water partition coefficient (Wildman–Crippen LogP) is 17.6. The van der Waals surface area contributed by atoms with Crippen LogP contribution in [-0.2, 0) is 0 Å². The summed E-state index contributed by atoms with van der Waals surface area (Å²) in [6.07, 6.45) is 10.6. The third kappa shape index (κ3) is 6.13. The van der Waals surface area contributed by atoms with E-state index in [2.05, 4.69) is 255 Å². The van der Waals surface area contributed by atoms with Gasteiger partial charge in [-0.3, -0.25) is 0 Å². The highest BCUT2D eigenvalue weighted by Gasteiger charge is 2.43. The Labute approximate surface area is 414 Å². The average molecular weight is 921 g/mol. The third-order valence-electron chi connectivity index (χ3n) is 16.3. The van der Waals surface area contributed by atoms with Crippen LogP contribution in [0.1, 0.15) is 11.5 Å². The Bertz CT molecular complexity index is 4570. The number of benzene rings is 13. The summed E-state index contributed by atoms with van der Waals surface area (Å²) in [4.78, 5) is 1.53. The maximum Gasteiger partial charge on any atom is 0.0216 e. The summed E-state index contributed by atoms with van der Waals surface area (Å²) in [7, 11) is -1.35. The largest absolute Gasteiger partial charge is 0.213 e. The van der Waals surface area contributed by atoms with E-state index < -0.39 is 10.0 Å². The lowest BCUT2D eigenvalue weighted by Gasteiger charge is -2.36. The van der Waals surface area contributed by atoms with Gasteiger partial charge in [0.25, 0.3) is 0 Å². The van der Waals surface area contributed by atoms with E-state index in [1.54, 1.807) is 0 Å². The maximum absolute atomic E-state index is 2.76. The molecule has 0 aromatic heterocycles. The second-order valence-corrected chi connectivity index (χ2v) is 24.1. The lowest BCUT2D eigenvalue weighted by Crippen LogP contribution is -2.37. The highest BCUT2D eigenvalue weighted by atomic mass is 32.3. The fourth-order valence-electron chi connectivity index (χ4n) is 12.8. The zero-order valence-corrected chi connectivity index (χ0v) is 40.5. The quantitative estimate of drug-likeness (QED) is 0.154. The molecule has 1 aliphatic heterocycles. The molecule has 0 N–H and O–H groups in total. The molecule has 0 amide bonds. The summed E-state index contributed by atoms with van der Waals surface area (Å²) in [6, 6.07) is 87.3. The van der Waals surface area contributed by atoms with Gasteiger partial charge in [-0.2, -0.15) is 0 Å². The van der Waals surface area contributed by atoms with Gasteiger partial charge in [-0.25, -0.2) is 10.0 Å². The number of hydrogen-bond donors (Lipinski definition) is 0. The minimum Gasteiger partial charge on any atom is -0.213 e. The molecule has 0 saturated heterocycles. The fourth-order valence-corrected chi connectivity index (χ4v) is 15.8. The molecule has 0 nitrogen and oxygen atoms in total. The number of hydrogen-bond acceptors (Lipinski definition) is 0. The SMILES string of the molecule is CS1(C)c2cc(-c3ccc4ccccc4c3)ccc2C2C=c3c(-c4cc5ccccc5c5ccccc45)c4ccc(-c5ccc6ccccc6c5)cc4c(-c4cc5ccccc5c5ccccc45)c3=CC21. The smallest absolute Gasteiger partial charge is 0.0216 e. The standard InChI is InChI=1S/C70H48S/c1-71(2)67-40-50(48-30-28-44-16-4-6-18-46(44)36-48)31-33-59(67)61-41-65-66(42-68(61)71)70(63-39-52-20-8-10-22-54(52)56-24-12-14-26-58(56)63)64-37-49(47-29-27-43-15-3-5-17-45(43)35-47)32-34-60(64)69(65)62-38-51-19-7-9-21-53(51)55-23-11-13-25-57(55)62/h3-42,61,68H,1-2H3. The lowest BCUT2D eigenvalue weighted by molar-refractivity contribution is 0.944. The molecule has 15 rings (SSSR count). The van der Waals surface area contributed by atoms with E-state index in [1.165, 1.54) is 141 Å². The second-order valence-electron chi connectivity index (χ2n) is 20.3. The topological polar surface area (TPSA) is 0 Å². The van der Waals surface area contributed by atoms with Crippen molar-refractivity contribution in [2.24, 2.45) is 0 Å². The van der Waals surface area contributed by atoms with E-state index in [0.29, 0.717) is 5.25 Å². The van der Waals surface area contributed by atoms with Crippen LogP contribution in [-0.4, -0.2) is 17.8 Å². The van der Waals surface area contributed by atoms with E-state index in [1.807, 2.05) is 0 Å². The van der Waals surface area contributed by atoms with Gasteiger partial charge in [0.05, 0.1) is 0 Å². The Hall–Kier alpha value is -8.23. The van der Waals surface area contributed by atoms with Crippen LogP contribution in [0.3, 0.4) is 0 Å². The van der Waals surface area contributed by atoms with Crippen LogP contribution < -0.4 is 10.4 Å². The summed E-state index contributed by atoms with van der Waals surface area (Å²) in [6.45, 7) is 0. The number of fused-ring (bicyclic) bond motifs is 13. The van der Waals surface area contributed by atoms with Gasteiger partial charge in [0.15, 0.2) is 0 Å². The minimum atomic E-state index is -1.35. The predicted molar refractivity (Wildman–Crippen MR) is 310 cm³/mol. The van der Waals surface area contributed by atoms with Crippen LogP contribution in [0.25, 0.3) is 132 Å². The molecule has 334 valence electrons. The van der Waals surface area contributed by atoms with Crippen LogP contribution in [0.5, 0.6) is 0 Å². The Morgan fingerprint density at radius 3 is 1.30 bits per heavy atom. The molecule has 2 unspecified atom stereocenters. The molecule has 0 fully saturated rings. The van der Waals surface area contributed by atoms with Gasteiger partial charge >= 0.3 is 0 Å². The lowest BCUT2D eigenvalue weighted by atomic mass is 9.79. The van der Waals surface area contributed by atoms with Crippen LogP contribution in [0.4, 0.5) is 0 Å². The van der Waals surface area contributed by atoms with Crippen molar-refractivity contribution in [1.82, 2.24) is 0 Å². The van der Waals surface area contributed by atoms with Gasteiger partial charge < -0.3 is 0 Å². The van der Waals surface area contributed by atoms with Crippen LogP contribution >= 0.6 is 10.0 Å². The first kappa shape index (κ1) is 40.6. The summed E-state index contributed by atoms with van der Waals surface area (Å²) < 4.78 is 0. The molecule has 2 atom stereocenters. The second kappa shape index (κ2) is 15.4. The monoisotopic (exact) mass is 920 g/mol. The Kier molecular flexibility index (Phi) is 8.81. The van der Waals surface area contributed by atoms with E-state index >= 15 is 0 Å². The molecule has 1 heterocycles. The summed E-state index contributed by atoms with van der Waals surface area (Å²) in [5.74, 6) is 0.231. The Morgan fingerprint density at radius 2 is 0.718 bits per heavy atom. The third-order valence-corrected chi connectivity index (χ3v) is 19.6. The summed E-state index contributed by atoms with van der Waals surface area (Å²) >= 11 is 0. The molecule has 2 aliphatic rings. The molecule has 13 aromatic carbocycles. The van der Waals surface area contributed by atoms with Crippen molar-refractivity contribution in [1.29, 1.82) is 0 Å². The van der Waals surface area contributed by atoms with Crippen molar-refractivity contribution in [3.63, 3.8) is 0 Å². The molecule has 0 spiro atoms. The van der Waals surface area contributed by atoms with Crippen molar-refractivity contribution >= 4 is 97.6 Å². The van der Waals surface area contributed by atoms with Gasteiger partial charge in [-0.05, 0) is 190 Å². The highest BCUT2D eigenvalue weighted by molar-refractivity contribution is 8.33. The van der Waals surface area contributed by atoms with E-state index in [-0.39, 0.29) is 5.92 Å². The Balaban J connectivity index is 1.09. The highest BCUT2D eigenvalue weighted by Crippen LogP contribution is 2.67. The number of rotatable bonds is 4. The van der Waals surface area contributed by atoms with Crippen molar-refractivity contribution in [3.05, 3.63) is 247 Å². The van der Waals surface area contributed by atoms with Gasteiger partial charge in [-0.1, -0.05) is 206 Å². The van der Waals surface area contributed by atoms with Crippen molar-refractivity contribution in [3.8, 4) is 44.5 Å². The first-order valence-corrected chi connectivity index (χ1v) is 27.5. The first-order valence-electron chi connectivity index (χ1n) is 24.9. The van der Waals surface area contributed by atoms with Gasteiger partial charge in [0, 0.05) is 11.2 Å². The Morgan fingerprint density at radius 1 is 0.296 bits per heavy atom. The molecule has 1 heteroatoms. The zero-order valence-electron chi connectivity index (χ0n) is 39.7. The molecular weight excluding hydrogens is 873 g/mol. The van der Waals surface area contributed by atoms with Gasteiger partial charge in [0.2, 0.25) is 0 Å². The van der Waals surface area contributed by atoms with Crippen molar-refractivity contribution in [2.45, 2.75) is 16.1 Å². The molecule has 13 aromatic rings. The van der Waals surface area contributed by atoms with Crippen LogP contribution in [0, 0.1) is 0 Å². The fraction of sp³-hybridized carbons (Fsp3) is 0.0571. The van der Waals surface area contributed by atoms with Gasteiger partial charge in [0.1, 0.15) is 0 Å². The molecule has 0 radical (unpaired) electrons. The first-order chi connectivity index (χ1) is 34.9. The maximum atomic E-state index is 2.76. The van der Waals surface area contributed by atoms with Crippen LogP contribution in [0.15, 0.2) is 235 Å². The molecular formula is C70H48S. The van der Waals surface area contributed by atoms with E-state index in [4.69, 9.17) is 0 Å². The van der Waals surface area contributed by atoms with E-state index in [9.17, 15) is 0 Å². The van der Waals surface area contributed by atoms with Crippen molar-refractivity contribution in [2.75, 3.05) is 12.5 Å². The average Bonchev–Trinajstić information content (AvgIpc) is 3.65. The van der Waals surface area contributed by atoms with E-state index in [0.717, 1.165) is 0 Å². The normalized spacial score (nSPS) is 16.3.